The molecule has 2 fully saturated rings. The normalized spacial score (nSPS) is 18.8. The predicted octanol–water partition coefficient (Wildman–Crippen LogP) is 4.43. The van der Waals surface area contributed by atoms with E-state index in [2.05, 4.69) is 4.90 Å². The number of carbonyl (C=O) groups is 2. The molecule has 1 atom stereocenters. The van der Waals surface area contributed by atoms with Crippen LogP contribution in [0.5, 0.6) is 17.2 Å². The number of hydrogen-bond donors (Lipinski definition) is 2. The fourth-order valence-electron chi connectivity index (χ4n) is 5.41. The SMILES string of the molecule is COc1cc([C@H]2/C(=C(\O)c3ccc(OCc4ccccc4C)cc3)C(=O)C(=O)N2CCCN2CCOCC2)ccc1O. The van der Waals surface area contributed by atoms with Crippen molar-refractivity contribution in [1.29, 1.82) is 0 Å². The summed E-state index contributed by atoms with van der Waals surface area (Å²) in [5.74, 6) is -0.942. The first kappa shape index (κ1) is 29.2. The topological polar surface area (TPSA) is 109 Å². The van der Waals surface area contributed by atoms with Crippen molar-refractivity contribution in [1.82, 2.24) is 9.80 Å². The van der Waals surface area contributed by atoms with Crippen molar-refractivity contribution >= 4 is 17.4 Å². The second-order valence-electron chi connectivity index (χ2n) is 10.5. The van der Waals surface area contributed by atoms with E-state index in [-0.39, 0.29) is 22.8 Å². The summed E-state index contributed by atoms with van der Waals surface area (Å²) in [5, 5.41) is 21.6. The van der Waals surface area contributed by atoms with Crippen LogP contribution in [0.2, 0.25) is 0 Å². The maximum Gasteiger partial charge on any atom is 0.295 e. The third-order valence-corrected chi connectivity index (χ3v) is 7.82. The van der Waals surface area contributed by atoms with Crippen LogP contribution in [-0.2, 0) is 20.9 Å². The van der Waals surface area contributed by atoms with Crippen molar-refractivity contribution < 1.29 is 34.0 Å². The molecule has 0 aromatic heterocycles. The number of aliphatic hydroxyl groups excluding tert-OH is 1. The Morgan fingerprint density at radius 2 is 1.74 bits per heavy atom. The van der Waals surface area contributed by atoms with Crippen LogP contribution >= 0.6 is 0 Å². The smallest absolute Gasteiger partial charge is 0.295 e. The van der Waals surface area contributed by atoms with Crippen LogP contribution in [0.3, 0.4) is 0 Å². The number of carbonyl (C=O) groups excluding carboxylic acids is 2. The molecule has 2 aliphatic rings. The number of rotatable bonds is 10. The third kappa shape index (κ3) is 6.27. The molecular weight excluding hydrogens is 536 g/mol. The first-order valence-electron chi connectivity index (χ1n) is 14.1. The maximum absolute atomic E-state index is 13.4. The van der Waals surface area contributed by atoms with E-state index in [4.69, 9.17) is 14.2 Å². The fourth-order valence-corrected chi connectivity index (χ4v) is 5.41. The molecule has 9 nitrogen and oxygen atoms in total. The van der Waals surface area contributed by atoms with Crippen molar-refractivity contribution in [3.8, 4) is 17.2 Å². The first-order valence-corrected chi connectivity index (χ1v) is 14.1. The Balaban J connectivity index is 1.42. The average Bonchev–Trinajstić information content (AvgIpc) is 3.26. The minimum Gasteiger partial charge on any atom is -0.507 e. The molecule has 1 amide bonds. The fraction of sp³-hybridized carbons (Fsp3) is 0.333. The number of ketones is 1. The molecule has 0 spiro atoms. The number of nitrogens with zero attached hydrogens (tertiary/aromatic N) is 2. The Morgan fingerprint density at radius 1 is 1.00 bits per heavy atom. The number of aromatic hydroxyl groups is 1. The highest BCUT2D eigenvalue weighted by Crippen LogP contribution is 2.42. The van der Waals surface area contributed by atoms with Crippen LogP contribution < -0.4 is 9.47 Å². The van der Waals surface area contributed by atoms with Gasteiger partial charge in [-0.25, -0.2) is 0 Å². The van der Waals surface area contributed by atoms with Crippen LogP contribution in [0.1, 0.15) is 34.7 Å². The number of morpholine rings is 1. The van der Waals surface area contributed by atoms with E-state index in [1.54, 1.807) is 36.4 Å². The number of aryl methyl sites for hydroxylation is 1. The van der Waals surface area contributed by atoms with Gasteiger partial charge in [-0.05, 0) is 66.4 Å². The molecule has 0 aliphatic carbocycles. The molecule has 3 aromatic rings. The Kier molecular flexibility index (Phi) is 9.09. The lowest BCUT2D eigenvalue weighted by atomic mass is 9.95. The molecule has 0 radical (unpaired) electrons. The molecule has 2 N–H and O–H groups in total. The zero-order chi connectivity index (χ0) is 29.6. The van der Waals surface area contributed by atoms with Gasteiger partial charge < -0.3 is 29.3 Å². The molecule has 9 heteroatoms. The lowest BCUT2D eigenvalue weighted by molar-refractivity contribution is -0.140. The molecule has 0 unspecified atom stereocenters. The van der Waals surface area contributed by atoms with Crippen molar-refractivity contribution in [3.63, 3.8) is 0 Å². The van der Waals surface area contributed by atoms with E-state index in [9.17, 15) is 19.8 Å². The van der Waals surface area contributed by atoms with Crippen molar-refractivity contribution in [3.05, 3.63) is 94.6 Å². The zero-order valence-corrected chi connectivity index (χ0v) is 23.9. The van der Waals surface area contributed by atoms with Crippen LogP contribution in [0, 0.1) is 6.92 Å². The molecule has 3 aromatic carbocycles. The van der Waals surface area contributed by atoms with Crippen molar-refractivity contribution in [2.45, 2.75) is 26.0 Å². The van der Waals surface area contributed by atoms with Gasteiger partial charge in [-0.15, -0.1) is 0 Å². The number of aliphatic hydroxyl groups is 1. The summed E-state index contributed by atoms with van der Waals surface area (Å²) in [7, 11) is 1.43. The van der Waals surface area contributed by atoms with Crippen LogP contribution in [0.25, 0.3) is 5.76 Å². The van der Waals surface area contributed by atoms with Gasteiger partial charge in [-0.3, -0.25) is 14.5 Å². The highest BCUT2D eigenvalue weighted by atomic mass is 16.5. The number of hydrogen-bond acceptors (Lipinski definition) is 8. The Bertz CT molecular complexity index is 1460. The van der Waals surface area contributed by atoms with Crippen LogP contribution in [0.15, 0.2) is 72.3 Å². The largest absolute Gasteiger partial charge is 0.507 e. The monoisotopic (exact) mass is 572 g/mol. The highest BCUT2D eigenvalue weighted by Gasteiger charge is 2.46. The Labute approximate surface area is 245 Å². The van der Waals surface area contributed by atoms with E-state index >= 15 is 0 Å². The number of phenolic OH excluding ortho intramolecular Hbond substituents is 1. The van der Waals surface area contributed by atoms with E-state index in [1.165, 1.54) is 18.1 Å². The number of amides is 1. The molecule has 0 bridgehead atoms. The molecule has 2 saturated heterocycles. The van der Waals surface area contributed by atoms with Crippen LogP contribution in [-0.4, -0.2) is 78.2 Å². The first-order chi connectivity index (χ1) is 20.4. The molecule has 5 rings (SSSR count). The minimum atomic E-state index is -0.846. The standard InChI is InChI=1S/C33H36N2O7/c1-22-6-3-4-7-25(22)21-42-26-11-8-23(9-12-26)31(37)29-30(24-10-13-27(36)28(20-24)40-2)35(33(39)32(29)38)15-5-14-34-16-18-41-19-17-34/h3-4,6-13,20,30,36-37H,5,14-19,21H2,1-2H3/b31-29+/t30-/m0/s1. The molecular formula is C33H36N2O7. The third-order valence-electron chi connectivity index (χ3n) is 7.82. The molecule has 42 heavy (non-hydrogen) atoms. The van der Waals surface area contributed by atoms with Gasteiger partial charge in [-0.2, -0.15) is 0 Å². The number of likely N-dealkylation sites (tertiary alicyclic amines) is 1. The maximum atomic E-state index is 13.4. The molecule has 2 aliphatic heterocycles. The van der Waals surface area contributed by atoms with Gasteiger partial charge >= 0.3 is 0 Å². The second-order valence-corrected chi connectivity index (χ2v) is 10.5. The Hall–Kier alpha value is -4.34. The molecule has 0 saturated carbocycles. The van der Waals surface area contributed by atoms with Gasteiger partial charge in [0.2, 0.25) is 0 Å². The zero-order valence-electron chi connectivity index (χ0n) is 23.9. The predicted molar refractivity (Wildman–Crippen MR) is 157 cm³/mol. The van der Waals surface area contributed by atoms with E-state index in [1.807, 2.05) is 31.2 Å². The summed E-state index contributed by atoms with van der Waals surface area (Å²) in [5.41, 5.74) is 3.14. The molecule has 2 heterocycles. The average molecular weight is 573 g/mol. The Morgan fingerprint density at radius 3 is 2.45 bits per heavy atom. The van der Waals surface area contributed by atoms with Crippen molar-refractivity contribution in [2.75, 3.05) is 46.5 Å². The van der Waals surface area contributed by atoms with E-state index in [0.29, 0.717) is 49.7 Å². The van der Waals surface area contributed by atoms with E-state index in [0.717, 1.165) is 30.8 Å². The van der Waals surface area contributed by atoms with Gasteiger partial charge in [0.25, 0.3) is 11.7 Å². The number of ether oxygens (including phenoxy) is 3. The van der Waals surface area contributed by atoms with Gasteiger partial charge in [0.15, 0.2) is 11.5 Å². The summed E-state index contributed by atoms with van der Waals surface area (Å²) >= 11 is 0. The number of Topliss-reactive ketones (excluding diaryl/α,β-unsaturated/α-hetero) is 1. The summed E-state index contributed by atoms with van der Waals surface area (Å²) < 4.78 is 16.7. The number of benzene rings is 3. The lowest BCUT2D eigenvalue weighted by Crippen LogP contribution is -2.38. The minimum absolute atomic E-state index is 0.00676. The second kappa shape index (κ2) is 13.1. The summed E-state index contributed by atoms with van der Waals surface area (Å²) in [6.07, 6.45) is 0.645. The van der Waals surface area contributed by atoms with E-state index < -0.39 is 17.7 Å². The summed E-state index contributed by atoms with van der Waals surface area (Å²) in [6.45, 7) is 6.49. The van der Waals surface area contributed by atoms with Crippen LogP contribution in [0.4, 0.5) is 0 Å². The molecule has 220 valence electrons. The number of methoxy groups -OCH3 is 1. The van der Waals surface area contributed by atoms with Gasteiger partial charge in [0.05, 0.1) is 31.9 Å². The quantitative estimate of drug-likeness (QED) is 0.209. The van der Waals surface area contributed by atoms with Crippen molar-refractivity contribution in [2.24, 2.45) is 0 Å². The summed E-state index contributed by atoms with van der Waals surface area (Å²) in [4.78, 5) is 30.5. The number of phenols is 1. The van der Waals surface area contributed by atoms with Gasteiger partial charge in [0.1, 0.15) is 18.1 Å². The lowest BCUT2D eigenvalue weighted by Gasteiger charge is -2.29. The summed E-state index contributed by atoms with van der Waals surface area (Å²) in [6, 6.07) is 18.6. The van der Waals surface area contributed by atoms with Gasteiger partial charge in [0, 0.05) is 31.7 Å². The highest BCUT2D eigenvalue weighted by molar-refractivity contribution is 6.46. The van der Waals surface area contributed by atoms with Gasteiger partial charge in [-0.1, -0.05) is 30.3 Å².